The van der Waals surface area contributed by atoms with Crippen LogP contribution in [0.5, 0.6) is 0 Å². The first kappa shape index (κ1) is 18.2. The maximum absolute atomic E-state index is 12.5. The molecule has 0 atom stereocenters. The SMILES string of the molecule is CCCc1nc(-c2ccccc2)oc1CC(=O)Nc1ccc(Cl)cc1C. The number of hydrogen-bond acceptors (Lipinski definition) is 3. The van der Waals surface area contributed by atoms with Crippen LogP contribution >= 0.6 is 11.6 Å². The van der Waals surface area contributed by atoms with Crippen LogP contribution in [0.15, 0.2) is 52.9 Å². The summed E-state index contributed by atoms with van der Waals surface area (Å²) in [5, 5.41) is 3.57. The van der Waals surface area contributed by atoms with Crippen LogP contribution in [0.25, 0.3) is 11.5 Å². The molecule has 0 saturated heterocycles. The molecule has 0 aliphatic carbocycles. The van der Waals surface area contributed by atoms with E-state index in [0.717, 1.165) is 35.3 Å². The molecule has 26 heavy (non-hydrogen) atoms. The predicted molar refractivity (Wildman–Crippen MR) is 104 cm³/mol. The summed E-state index contributed by atoms with van der Waals surface area (Å²) >= 11 is 5.96. The average molecular weight is 369 g/mol. The number of hydrogen-bond donors (Lipinski definition) is 1. The Bertz CT molecular complexity index is 904. The van der Waals surface area contributed by atoms with Crippen molar-refractivity contribution < 1.29 is 9.21 Å². The summed E-state index contributed by atoms with van der Waals surface area (Å²) in [6.07, 6.45) is 1.86. The molecule has 0 aliphatic heterocycles. The van der Waals surface area contributed by atoms with Crippen molar-refractivity contribution in [3.8, 4) is 11.5 Å². The van der Waals surface area contributed by atoms with Gasteiger partial charge in [-0.25, -0.2) is 4.98 Å². The fourth-order valence-corrected chi connectivity index (χ4v) is 2.99. The lowest BCUT2D eigenvalue weighted by Gasteiger charge is -2.08. The minimum absolute atomic E-state index is 0.136. The number of carbonyl (C=O) groups excluding carboxylic acids is 1. The Kier molecular flexibility index (Phi) is 5.74. The van der Waals surface area contributed by atoms with Crippen molar-refractivity contribution in [2.75, 3.05) is 5.32 Å². The number of nitrogens with one attached hydrogen (secondary N) is 1. The number of anilines is 1. The van der Waals surface area contributed by atoms with Crippen LogP contribution in [0.4, 0.5) is 5.69 Å². The second kappa shape index (κ2) is 8.19. The van der Waals surface area contributed by atoms with Gasteiger partial charge in [0, 0.05) is 16.3 Å². The van der Waals surface area contributed by atoms with E-state index < -0.39 is 0 Å². The Hall–Kier alpha value is -2.59. The Balaban J connectivity index is 1.79. The van der Waals surface area contributed by atoms with E-state index in [2.05, 4.69) is 17.2 Å². The summed E-state index contributed by atoms with van der Waals surface area (Å²) in [6, 6.07) is 15.1. The van der Waals surface area contributed by atoms with Crippen molar-refractivity contribution in [2.24, 2.45) is 0 Å². The van der Waals surface area contributed by atoms with E-state index in [1.165, 1.54) is 0 Å². The number of benzene rings is 2. The fraction of sp³-hybridized carbons (Fsp3) is 0.238. The third kappa shape index (κ3) is 4.33. The molecule has 3 rings (SSSR count). The minimum Gasteiger partial charge on any atom is -0.440 e. The molecule has 2 aromatic carbocycles. The van der Waals surface area contributed by atoms with Gasteiger partial charge in [0.25, 0.3) is 0 Å². The van der Waals surface area contributed by atoms with E-state index in [1.807, 2.05) is 43.3 Å². The average Bonchev–Trinajstić information content (AvgIpc) is 3.01. The summed E-state index contributed by atoms with van der Waals surface area (Å²) in [5.74, 6) is 1.04. The molecule has 0 bridgehead atoms. The lowest BCUT2D eigenvalue weighted by atomic mass is 10.1. The molecule has 0 fully saturated rings. The largest absolute Gasteiger partial charge is 0.440 e. The van der Waals surface area contributed by atoms with Crippen molar-refractivity contribution in [3.05, 3.63) is 70.6 Å². The Morgan fingerprint density at radius 3 is 2.65 bits per heavy atom. The molecule has 0 unspecified atom stereocenters. The number of aryl methyl sites for hydroxylation is 2. The quantitative estimate of drug-likeness (QED) is 0.630. The van der Waals surface area contributed by atoms with Gasteiger partial charge in [-0.15, -0.1) is 0 Å². The van der Waals surface area contributed by atoms with Gasteiger partial charge in [0.15, 0.2) is 0 Å². The van der Waals surface area contributed by atoms with Crippen LogP contribution < -0.4 is 5.32 Å². The maximum Gasteiger partial charge on any atom is 0.232 e. The van der Waals surface area contributed by atoms with Crippen molar-refractivity contribution in [1.29, 1.82) is 0 Å². The zero-order valence-electron chi connectivity index (χ0n) is 14.9. The highest BCUT2D eigenvalue weighted by atomic mass is 35.5. The number of nitrogens with zero attached hydrogens (tertiary/aromatic N) is 1. The maximum atomic E-state index is 12.5. The van der Waals surface area contributed by atoms with Crippen LogP contribution in [0.3, 0.4) is 0 Å². The molecule has 4 nitrogen and oxygen atoms in total. The molecule has 3 aromatic rings. The van der Waals surface area contributed by atoms with Crippen LogP contribution in [-0.4, -0.2) is 10.9 Å². The van der Waals surface area contributed by atoms with Gasteiger partial charge in [-0.3, -0.25) is 4.79 Å². The van der Waals surface area contributed by atoms with Gasteiger partial charge < -0.3 is 9.73 Å². The van der Waals surface area contributed by atoms with Crippen molar-refractivity contribution >= 4 is 23.2 Å². The standard InChI is InChI=1S/C21H21ClN2O2/c1-3-7-18-19(26-21(24-18)15-8-5-4-6-9-15)13-20(25)23-17-11-10-16(22)12-14(17)2/h4-6,8-12H,3,7,13H2,1-2H3,(H,23,25). The van der Waals surface area contributed by atoms with Gasteiger partial charge >= 0.3 is 0 Å². The first-order valence-corrected chi connectivity index (χ1v) is 9.04. The monoisotopic (exact) mass is 368 g/mol. The highest BCUT2D eigenvalue weighted by Gasteiger charge is 2.17. The molecule has 0 spiro atoms. The molecular weight excluding hydrogens is 348 g/mol. The molecular formula is C21H21ClN2O2. The molecule has 0 radical (unpaired) electrons. The van der Waals surface area contributed by atoms with E-state index in [4.69, 9.17) is 16.0 Å². The van der Waals surface area contributed by atoms with Crippen LogP contribution in [-0.2, 0) is 17.6 Å². The normalized spacial score (nSPS) is 10.7. The molecule has 1 N–H and O–H groups in total. The number of rotatable bonds is 6. The van der Waals surface area contributed by atoms with Gasteiger partial charge in [0.2, 0.25) is 11.8 Å². The second-order valence-corrected chi connectivity index (χ2v) is 6.63. The van der Waals surface area contributed by atoms with E-state index in [0.29, 0.717) is 16.7 Å². The third-order valence-corrected chi connectivity index (χ3v) is 4.30. The molecule has 134 valence electrons. The third-order valence-electron chi connectivity index (χ3n) is 4.07. The summed E-state index contributed by atoms with van der Waals surface area (Å²) in [4.78, 5) is 17.1. The predicted octanol–water partition coefficient (Wildman–Crippen LogP) is 5.44. The van der Waals surface area contributed by atoms with E-state index >= 15 is 0 Å². The lowest BCUT2D eigenvalue weighted by Crippen LogP contribution is -2.15. The van der Waals surface area contributed by atoms with Crippen molar-refractivity contribution in [1.82, 2.24) is 4.98 Å². The van der Waals surface area contributed by atoms with Crippen molar-refractivity contribution in [3.63, 3.8) is 0 Å². The summed E-state index contributed by atoms with van der Waals surface area (Å²) in [7, 11) is 0. The first-order chi connectivity index (χ1) is 12.6. The highest BCUT2D eigenvalue weighted by molar-refractivity contribution is 6.30. The van der Waals surface area contributed by atoms with Gasteiger partial charge in [0.05, 0.1) is 12.1 Å². The number of halogens is 1. The highest BCUT2D eigenvalue weighted by Crippen LogP contribution is 2.24. The summed E-state index contributed by atoms with van der Waals surface area (Å²) < 4.78 is 5.92. The Morgan fingerprint density at radius 1 is 1.19 bits per heavy atom. The van der Waals surface area contributed by atoms with E-state index in [9.17, 15) is 4.79 Å². The summed E-state index contributed by atoms with van der Waals surface area (Å²) in [6.45, 7) is 3.99. The summed E-state index contributed by atoms with van der Waals surface area (Å²) in [5.41, 5.74) is 3.42. The van der Waals surface area contributed by atoms with Gasteiger partial charge in [-0.1, -0.05) is 43.1 Å². The van der Waals surface area contributed by atoms with Gasteiger partial charge in [-0.05, 0) is 49.2 Å². The van der Waals surface area contributed by atoms with Crippen molar-refractivity contribution in [2.45, 2.75) is 33.1 Å². The lowest BCUT2D eigenvalue weighted by molar-refractivity contribution is -0.115. The molecule has 1 heterocycles. The molecule has 0 saturated carbocycles. The molecule has 1 amide bonds. The van der Waals surface area contributed by atoms with Crippen LogP contribution in [0.1, 0.15) is 30.4 Å². The Morgan fingerprint density at radius 2 is 1.96 bits per heavy atom. The first-order valence-electron chi connectivity index (χ1n) is 8.67. The van der Waals surface area contributed by atoms with Gasteiger partial charge in [-0.2, -0.15) is 0 Å². The van der Waals surface area contributed by atoms with Crippen LogP contribution in [0, 0.1) is 6.92 Å². The molecule has 5 heteroatoms. The van der Waals surface area contributed by atoms with Crippen LogP contribution in [0.2, 0.25) is 5.02 Å². The van der Waals surface area contributed by atoms with E-state index in [-0.39, 0.29) is 12.3 Å². The molecule has 1 aromatic heterocycles. The second-order valence-electron chi connectivity index (χ2n) is 6.19. The number of carbonyl (C=O) groups is 1. The minimum atomic E-state index is -0.136. The zero-order valence-corrected chi connectivity index (χ0v) is 15.6. The molecule has 0 aliphatic rings. The number of amides is 1. The fourth-order valence-electron chi connectivity index (χ4n) is 2.77. The number of oxazole rings is 1. The zero-order chi connectivity index (χ0) is 18.5. The Labute approximate surface area is 158 Å². The van der Waals surface area contributed by atoms with Gasteiger partial charge in [0.1, 0.15) is 5.76 Å². The van der Waals surface area contributed by atoms with E-state index in [1.54, 1.807) is 12.1 Å². The topological polar surface area (TPSA) is 55.1 Å². The smallest absolute Gasteiger partial charge is 0.232 e. The number of aromatic nitrogens is 1.